The first kappa shape index (κ1) is 14.2. The van der Waals surface area contributed by atoms with Crippen molar-refractivity contribution < 1.29 is 14.3 Å². The molecule has 0 aliphatic heterocycles. The molecule has 0 radical (unpaired) electrons. The van der Waals surface area contributed by atoms with Crippen LogP contribution in [0, 0.1) is 0 Å². The normalized spacial score (nSPS) is 10.1. The van der Waals surface area contributed by atoms with Crippen LogP contribution in [-0.2, 0) is 10.6 Å². The summed E-state index contributed by atoms with van der Waals surface area (Å²) >= 11 is 8.98. The Labute approximate surface area is 113 Å². The summed E-state index contributed by atoms with van der Waals surface area (Å²) in [5.74, 6) is -0.442. The number of alkyl halides is 2. The SMILES string of the molecule is COC(=O)c1cccc(CCl)c1C(=O)CCBr. The highest BCUT2D eigenvalue weighted by molar-refractivity contribution is 9.09. The van der Waals surface area contributed by atoms with E-state index < -0.39 is 5.97 Å². The molecule has 0 saturated carbocycles. The molecule has 0 aliphatic carbocycles. The van der Waals surface area contributed by atoms with Crippen LogP contribution in [0.3, 0.4) is 0 Å². The van der Waals surface area contributed by atoms with Gasteiger partial charge in [-0.05, 0) is 11.6 Å². The van der Waals surface area contributed by atoms with E-state index in [0.29, 0.717) is 22.9 Å². The number of halogens is 2. The van der Waals surface area contributed by atoms with Crippen LogP contribution in [0.25, 0.3) is 0 Å². The van der Waals surface area contributed by atoms with Gasteiger partial charge in [0.05, 0.1) is 12.7 Å². The van der Waals surface area contributed by atoms with Crippen molar-refractivity contribution in [2.24, 2.45) is 0 Å². The molecular weight excluding hydrogens is 307 g/mol. The lowest BCUT2D eigenvalue weighted by Gasteiger charge is -2.10. The summed E-state index contributed by atoms with van der Waals surface area (Å²) in [4.78, 5) is 23.6. The van der Waals surface area contributed by atoms with E-state index in [1.807, 2.05) is 0 Å². The molecule has 0 bridgehead atoms. The average Bonchev–Trinajstić information content (AvgIpc) is 2.37. The number of methoxy groups -OCH3 is 1. The van der Waals surface area contributed by atoms with Gasteiger partial charge >= 0.3 is 5.97 Å². The maximum atomic E-state index is 12.0. The van der Waals surface area contributed by atoms with Crippen molar-refractivity contribution in [1.82, 2.24) is 0 Å². The summed E-state index contributed by atoms with van der Waals surface area (Å²) in [5.41, 5.74) is 1.30. The molecule has 0 aliphatic rings. The fourth-order valence-electron chi connectivity index (χ4n) is 1.53. The zero-order valence-electron chi connectivity index (χ0n) is 9.33. The summed E-state index contributed by atoms with van der Waals surface area (Å²) in [7, 11) is 1.29. The Morgan fingerprint density at radius 3 is 2.65 bits per heavy atom. The Hall–Kier alpha value is -0.870. The number of carbonyl (C=O) groups is 2. The summed E-state index contributed by atoms with van der Waals surface area (Å²) in [6.07, 6.45) is 0.317. The topological polar surface area (TPSA) is 43.4 Å². The Balaban J connectivity index is 3.30. The predicted octanol–water partition coefficient (Wildman–Crippen LogP) is 3.18. The predicted molar refractivity (Wildman–Crippen MR) is 70.1 cm³/mol. The third-order valence-corrected chi connectivity index (χ3v) is 2.98. The van der Waals surface area contributed by atoms with E-state index in [9.17, 15) is 9.59 Å². The molecule has 0 aromatic heterocycles. The number of ether oxygens (including phenoxy) is 1. The van der Waals surface area contributed by atoms with E-state index in [-0.39, 0.29) is 17.2 Å². The zero-order valence-corrected chi connectivity index (χ0v) is 11.7. The van der Waals surface area contributed by atoms with Crippen molar-refractivity contribution in [2.45, 2.75) is 12.3 Å². The van der Waals surface area contributed by atoms with Gasteiger partial charge in [-0.25, -0.2) is 4.79 Å². The molecule has 0 spiro atoms. The second-order valence-electron chi connectivity index (χ2n) is 3.33. The monoisotopic (exact) mass is 318 g/mol. The average molecular weight is 320 g/mol. The van der Waals surface area contributed by atoms with Crippen molar-refractivity contribution in [3.05, 3.63) is 34.9 Å². The summed E-state index contributed by atoms with van der Waals surface area (Å²) in [5, 5.41) is 0.545. The zero-order chi connectivity index (χ0) is 12.8. The molecule has 0 fully saturated rings. The summed E-state index contributed by atoms with van der Waals surface area (Å²) < 4.78 is 4.66. The summed E-state index contributed by atoms with van der Waals surface area (Å²) in [6, 6.07) is 5.00. The molecule has 5 heteroatoms. The van der Waals surface area contributed by atoms with Gasteiger partial charge in [0.1, 0.15) is 0 Å². The van der Waals surface area contributed by atoms with E-state index in [1.54, 1.807) is 18.2 Å². The number of hydrogen-bond donors (Lipinski definition) is 0. The quantitative estimate of drug-likeness (QED) is 0.475. The van der Waals surface area contributed by atoms with E-state index >= 15 is 0 Å². The molecule has 0 N–H and O–H groups in total. The first-order valence-electron chi connectivity index (χ1n) is 5.01. The van der Waals surface area contributed by atoms with E-state index in [2.05, 4.69) is 20.7 Å². The van der Waals surface area contributed by atoms with E-state index in [1.165, 1.54) is 7.11 Å². The van der Waals surface area contributed by atoms with Gasteiger partial charge in [0.25, 0.3) is 0 Å². The van der Waals surface area contributed by atoms with E-state index in [4.69, 9.17) is 11.6 Å². The molecular formula is C12H12BrClO3. The molecule has 0 saturated heterocycles. The summed E-state index contributed by atoms with van der Waals surface area (Å²) in [6.45, 7) is 0. The highest BCUT2D eigenvalue weighted by atomic mass is 79.9. The highest BCUT2D eigenvalue weighted by Gasteiger charge is 2.20. The Morgan fingerprint density at radius 1 is 1.41 bits per heavy atom. The second kappa shape index (κ2) is 6.77. The van der Waals surface area contributed by atoms with Crippen LogP contribution in [0.5, 0.6) is 0 Å². The molecule has 1 rings (SSSR count). The maximum absolute atomic E-state index is 12.0. The number of Topliss-reactive ketones (excluding diaryl/α,β-unsaturated/α-hetero) is 1. The molecule has 0 unspecified atom stereocenters. The Kier molecular flexibility index (Phi) is 5.65. The molecule has 0 heterocycles. The van der Waals surface area contributed by atoms with Crippen LogP contribution in [0.4, 0.5) is 0 Å². The van der Waals surface area contributed by atoms with Gasteiger partial charge in [-0.3, -0.25) is 4.79 Å². The van der Waals surface area contributed by atoms with Crippen molar-refractivity contribution in [3.8, 4) is 0 Å². The molecule has 3 nitrogen and oxygen atoms in total. The number of esters is 1. The number of hydrogen-bond acceptors (Lipinski definition) is 3. The maximum Gasteiger partial charge on any atom is 0.338 e. The molecule has 0 amide bonds. The minimum atomic E-state index is -0.519. The smallest absolute Gasteiger partial charge is 0.338 e. The number of ketones is 1. The molecule has 0 atom stereocenters. The van der Waals surface area contributed by atoms with Crippen LogP contribution >= 0.6 is 27.5 Å². The Morgan fingerprint density at radius 2 is 2.12 bits per heavy atom. The van der Waals surface area contributed by atoms with Gasteiger partial charge in [0.15, 0.2) is 5.78 Å². The lowest BCUT2D eigenvalue weighted by molar-refractivity contribution is 0.0597. The third-order valence-electron chi connectivity index (χ3n) is 2.30. The van der Waals surface area contributed by atoms with E-state index in [0.717, 1.165) is 0 Å². The van der Waals surface area contributed by atoms with Crippen LogP contribution in [0.1, 0.15) is 32.7 Å². The van der Waals surface area contributed by atoms with Crippen LogP contribution in [0.15, 0.2) is 18.2 Å². The van der Waals surface area contributed by atoms with Crippen molar-refractivity contribution in [1.29, 1.82) is 0 Å². The fourth-order valence-corrected chi connectivity index (χ4v) is 2.11. The molecule has 92 valence electrons. The van der Waals surface area contributed by atoms with Crippen LogP contribution in [0.2, 0.25) is 0 Å². The fraction of sp³-hybridized carbons (Fsp3) is 0.333. The van der Waals surface area contributed by atoms with Gasteiger partial charge < -0.3 is 4.74 Å². The number of carbonyl (C=O) groups excluding carboxylic acids is 2. The third kappa shape index (κ3) is 3.30. The lowest BCUT2D eigenvalue weighted by atomic mass is 9.97. The minimum Gasteiger partial charge on any atom is -0.465 e. The standard InChI is InChI=1S/C12H12BrClO3/c1-17-12(16)9-4-2-3-8(7-14)11(9)10(15)5-6-13/h2-4H,5-7H2,1H3. The van der Waals surface area contributed by atoms with Gasteiger partial charge in [0.2, 0.25) is 0 Å². The first-order chi connectivity index (χ1) is 8.15. The van der Waals surface area contributed by atoms with Crippen molar-refractivity contribution in [2.75, 3.05) is 12.4 Å². The highest BCUT2D eigenvalue weighted by Crippen LogP contribution is 2.20. The number of benzene rings is 1. The first-order valence-corrected chi connectivity index (χ1v) is 6.66. The van der Waals surface area contributed by atoms with Crippen LogP contribution in [-0.4, -0.2) is 24.2 Å². The van der Waals surface area contributed by atoms with Gasteiger partial charge in [-0.2, -0.15) is 0 Å². The van der Waals surface area contributed by atoms with Crippen molar-refractivity contribution in [3.63, 3.8) is 0 Å². The van der Waals surface area contributed by atoms with Crippen LogP contribution < -0.4 is 0 Å². The van der Waals surface area contributed by atoms with Gasteiger partial charge in [0, 0.05) is 23.2 Å². The Bertz CT molecular complexity index is 432. The molecule has 17 heavy (non-hydrogen) atoms. The molecule has 1 aromatic rings. The largest absolute Gasteiger partial charge is 0.465 e. The minimum absolute atomic E-state index is 0.112. The lowest BCUT2D eigenvalue weighted by Crippen LogP contribution is -2.13. The van der Waals surface area contributed by atoms with Gasteiger partial charge in [-0.15, -0.1) is 11.6 Å². The number of rotatable bonds is 5. The second-order valence-corrected chi connectivity index (χ2v) is 4.39. The molecule has 1 aromatic carbocycles. The van der Waals surface area contributed by atoms with Crippen molar-refractivity contribution >= 4 is 39.3 Å². The van der Waals surface area contributed by atoms with Gasteiger partial charge in [-0.1, -0.05) is 28.1 Å².